The predicted octanol–water partition coefficient (Wildman–Crippen LogP) is 3.59. The highest BCUT2D eigenvalue weighted by Crippen LogP contribution is 2.33. The van der Waals surface area contributed by atoms with E-state index in [1.807, 2.05) is 0 Å². The molecule has 1 aliphatic heterocycles. The molecule has 0 atom stereocenters. The van der Waals surface area contributed by atoms with Crippen LogP contribution in [0.2, 0.25) is 0 Å². The Kier molecular flexibility index (Phi) is 7.63. The van der Waals surface area contributed by atoms with E-state index < -0.39 is 10.0 Å². The van der Waals surface area contributed by atoms with Crippen molar-refractivity contribution in [2.75, 3.05) is 50.6 Å². The van der Waals surface area contributed by atoms with E-state index in [0.717, 1.165) is 31.6 Å². The molecule has 1 saturated heterocycles. The van der Waals surface area contributed by atoms with Crippen molar-refractivity contribution < 1.29 is 22.7 Å². The van der Waals surface area contributed by atoms with E-state index in [9.17, 15) is 13.2 Å². The first-order valence-corrected chi connectivity index (χ1v) is 12.2. The van der Waals surface area contributed by atoms with Crippen LogP contribution >= 0.6 is 0 Å². The maximum atomic E-state index is 13.1. The molecule has 174 valence electrons. The highest BCUT2D eigenvalue weighted by atomic mass is 32.2. The summed E-state index contributed by atoms with van der Waals surface area (Å²) in [5.41, 5.74) is 1.67. The van der Waals surface area contributed by atoms with Crippen molar-refractivity contribution in [1.82, 2.24) is 4.31 Å². The van der Waals surface area contributed by atoms with E-state index in [0.29, 0.717) is 35.8 Å². The first-order chi connectivity index (χ1) is 15.3. The summed E-state index contributed by atoms with van der Waals surface area (Å²) >= 11 is 0. The molecule has 0 aromatic heterocycles. The third kappa shape index (κ3) is 4.83. The van der Waals surface area contributed by atoms with Crippen LogP contribution in [0.25, 0.3) is 0 Å². The zero-order valence-corrected chi connectivity index (χ0v) is 19.9. The maximum Gasteiger partial charge on any atom is 0.255 e. The van der Waals surface area contributed by atoms with Gasteiger partial charge in [0.15, 0.2) is 11.5 Å². The van der Waals surface area contributed by atoms with Gasteiger partial charge in [-0.25, -0.2) is 8.42 Å². The van der Waals surface area contributed by atoms with Crippen LogP contribution in [-0.2, 0) is 10.0 Å². The topological polar surface area (TPSA) is 88.2 Å². The minimum Gasteiger partial charge on any atom is -0.493 e. The second kappa shape index (κ2) is 10.2. The number of anilines is 2. The maximum absolute atomic E-state index is 13.1. The number of carbonyl (C=O) groups is 1. The SMILES string of the molecule is CCN(CC)S(=O)(=O)c1ccc(N2CCCC2)c(NC(=O)c2ccc(OC)c(OC)c2)c1. The number of nitrogens with zero attached hydrogens (tertiary/aromatic N) is 2. The molecule has 0 saturated carbocycles. The molecule has 2 aromatic rings. The van der Waals surface area contributed by atoms with Gasteiger partial charge in [0.05, 0.1) is 30.5 Å². The minimum atomic E-state index is -3.66. The van der Waals surface area contributed by atoms with Gasteiger partial charge in [0.2, 0.25) is 10.0 Å². The number of sulfonamides is 1. The number of benzene rings is 2. The molecule has 9 heteroatoms. The van der Waals surface area contributed by atoms with Gasteiger partial charge >= 0.3 is 0 Å². The number of ether oxygens (including phenoxy) is 2. The molecular weight excluding hydrogens is 430 g/mol. The normalized spacial score (nSPS) is 14.0. The number of hydrogen-bond acceptors (Lipinski definition) is 6. The van der Waals surface area contributed by atoms with Gasteiger partial charge in [-0.1, -0.05) is 13.8 Å². The Morgan fingerprint density at radius 3 is 2.25 bits per heavy atom. The summed E-state index contributed by atoms with van der Waals surface area (Å²) in [6.45, 7) is 6.08. The number of methoxy groups -OCH3 is 2. The number of amides is 1. The number of hydrogen-bond donors (Lipinski definition) is 1. The molecule has 3 rings (SSSR count). The van der Waals surface area contributed by atoms with Gasteiger partial charge in [-0.05, 0) is 49.2 Å². The van der Waals surface area contributed by atoms with Crippen molar-refractivity contribution in [2.45, 2.75) is 31.6 Å². The molecule has 1 amide bonds. The smallest absolute Gasteiger partial charge is 0.255 e. The number of rotatable bonds is 9. The zero-order valence-electron chi connectivity index (χ0n) is 19.1. The predicted molar refractivity (Wildman–Crippen MR) is 125 cm³/mol. The van der Waals surface area contributed by atoms with E-state index >= 15 is 0 Å². The molecular formula is C23H31N3O5S. The largest absolute Gasteiger partial charge is 0.493 e. The fraction of sp³-hybridized carbons (Fsp3) is 0.435. The molecule has 1 fully saturated rings. The summed E-state index contributed by atoms with van der Waals surface area (Å²) in [6, 6.07) is 9.86. The Morgan fingerprint density at radius 1 is 1.00 bits per heavy atom. The molecule has 32 heavy (non-hydrogen) atoms. The quantitative estimate of drug-likeness (QED) is 0.614. The molecule has 8 nitrogen and oxygen atoms in total. The van der Waals surface area contributed by atoms with Gasteiger partial charge in [-0.2, -0.15) is 4.31 Å². The van der Waals surface area contributed by atoms with Crippen LogP contribution in [0.5, 0.6) is 11.5 Å². The molecule has 0 radical (unpaired) electrons. The molecule has 1 aliphatic rings. The summed E-state index contributed by atoms with van der Waals surface area (Å²) in [6.07, 6.45) is 2.12. The highest BCUT2D eigenvalue weighted by molar-refractivity contribution is 7.89. The van der Waals surface area contributed by atoms with Crippen LogP contribution in [0.1, 0.15) is 37.0 Å². The average Bonchev–Trinajstić information content (AvgIpc) is 3.33. The van der Waals surface area contributed by atoms with Crippen LogP contribution in [-0.4, -0.2) is 59.0 Å². The fourth-order valence-electron chi connectivity index (χ4n) is 3.89. The van der Waals surface area contributed by atoms with Gasteiger partial charge in [0.25, 0.3) is 5.91 Å². The third-order valence-electron chi connectivity index (χ3n) is 5.65. The van der Waals surface area contributed by atoms with Crippen molar-refractivity contribution in [3.63, 3.8) is 0 Å². The van der Waals surface area contributed by atoms with E-state index in [2.05, 4.69) is 10.2 Å². The van der Waals surface area contributed by atoms with E-state index in [-0.39, 0.29) is 10.8 Å². The molecule has 0 aliphatic carbocycles. The Morgan fingerprint density at radius 2 is 1.66 bits per heavy atom. The van der Waals surface area contributed by atoms with E-state index in [4.69, 9.17) is 9.47 Å². The molecule has 2 aromatic carbocycles. The van der Waals surface area contributed by atoms with Crippen LogP contribution in [0.15, 0.2) is 41.3 Å². The Bertz CT molecular complexity index is 1060. The Balaban J connectivity index is 2.00. The Hall–Kier alpha value is -2.78. The number of nitrogens with one attached hydrogen (secondary N) is 1. The average molecular weight is 462 g/mol. The van der Waals surface area contributed by atoms with Crippen LogP contribution in [0.4, 0.5) is 11.4 Å². The van der Waals surface area contributed by atoms with Crippen LogP contribution < -0.4 is 19.7 Å². The summed E-state index contributed by atoms with van der Waals surface area (Å²) in [5.74, 6) is 0.607. The van der Waals surface area contributed by atoms with Gasteiger partial charge in [-0.15, -0.1) is 0 Å². The third-order valence-corrected chi connectivity index (χ3v) is 7.70. The zero-order chi connectivity index (χ0) is 23.3. The molecule has 0 bridgehead atoms. The van der Waals surface area contributed by atoms with E-state index in [1.165, 1.54) is 18.5 Å². The summed E-state index contributed by atoms with van der Waals surface area (Å²) in [4.78, 5) is 15.4. The molecule has 0 spiro atoms. The second-order valence-corrected chi connectivity index (χ2v) is 9.42. The first kappa shape index (κ1) is 23.9. The minimum absolute atomic E-state index is 0.159. The summed E-state index contributed by atoms with van der Waals surface area (Å²) in [5, 5.41) is 2.92. The van der Waals surface area contributed by atoms with Gasteiger partial charge in [0, 0.05) is 31.7 Å². The van der Waals surface area contributed by atoms with Gasteiger partial charge < -0.3 is 19.7 Å². The first-order valence-electron chi connectivity index (χ1n) is 10.8. The molecule has 0 unspecified atom stereocenters. The summed E-state index contributed by atoms with van der Waals surface area (Å²) < 4.78 is 38.1. The van der Waals surface area contributed by atoms with Crippen molar-refractivity contribution in [1.29, 1.82) is 0 Å². The van der Waals surface area contributed by atoms with Crippen molar-refractivity contribution in [3.05, 3.63) is 42.0 Å². The lowest BCUT2D eigenvalue weighted by Gasteiger charge is -2.24. The van der Waals surface area contributed by atoms with Crippen molar-refractivity contribution in [2.24, 2.45) is 0 Å². The highest BCUT2D eigenvalue weighted by Gasteiger charge is 2.25. The van der Waals surface area contributed by atoms with Gasteiger partial charge in [-0.3, -0.25) is 4.79 Å². The standard InChI is InChI=1S/C23H31N3O5S/c1-5-26(6-2)32(28,29)18-10-11-20(25-13-7-8-14-25)19(16-18)24-23(27)17-9-12-21(30-3)22(15-17)31-4/h9-12,15-16H,5-8,13-14H2,1-4H3,(H,24,27). The fourth-order valence-corrected chi connectivity index (χ4v) is 5.38. The lowest BCUT2D eigenvalue weighted by atomic mass is 10.1. The summed E-state index contributed by atoms with van der Waals surface area (Å²) in [7, 11) is -0.621. The van der Waals surface area contributed by atoms with Crippen molar-refractivity contribution >= 4 is 27.3 Å². The Labute approximate surface area is 190 Å². The number of carbonyl (C=O) groups excluding carboxylic acids is 1. The molecule has 1 N–H and O–H groups in total. The van der Waals surface area contributed by atoms with E-state index in [1.54, 1.807) is 50.2 Å². The second-order valence-electron chi connectivity index (χ2n) is 7.49. The van der Waals surface area contributed by atoms with Crippen LogP contribution in [0, 0.1) is 0 Å². The van der Waals surface area contributed by atoms with Crippen LogP contribution in [0.3, 0.4) is 0 Å². The van der Waals surface area contributed by atoms with Gasteiger partial charge in [0.1, 0.15) is 0 Å². The monoisotopic (exact) mass is 461 g/mol. The van der Waals surface area contributed by atoms with Crippen molar-refractivity contribution in [3.8, 4) is 11.5 Å². The lowest BCUT2D eigenvalue weighted by molar-refractivity contribution is 0.102. The molecule has 1 heterocycles. The lowest BCUT2D eigenvalue weighted by Crippen LogP contribution is -2.31.